The number of ether oxygens (including phenoxy) is 1. The highest BCUT2D eigenvalue weighted by Crippen LogP contribution is 2.44. The number of methoxy groups -OCH3 is 1. The van der Waals surface area contributed by atoms with E-state index < -0.39 is 21.7 Å². The number of hydrogen-bond acceptors (Lipinski definition) is 5. The third-order valence-electron chi connectivity index (χ3n) is 5.51. The maximum atomic E-state index is 13.2. The van der Waals surface area contributed by atoms with Crippen molar-refractivity contribution in [2.75, 3.05) is 13.7 Å². The van der Waals surface area contributed by atoms with E-state index in [-0.39, 0.29) is 10.9 Å². The molecule has 2 aromatic rings. The maximum Gasteiger partial charge on any atom is 0.243 e. The van der Waals surface area contributed by atoms with Gasteiger partial charge in [-0.1, -0.05) is 0 Å². The van der Waals surface area contributed by atoms with Crippen LogP contribution in [-0.2, 0) is 14.8 Å². The Hall–Kier alpha value is -1.48. The van der Waals surface area contributed by atoms with E-state index in [0.717, 1.165) is 5.52 Å². The average molecular weight is 351 g/mol. The smallest absolute Gasteiger partial charge is 0.243 e. The van der Waals surface area contributed by atoms with Crippen LogP contribution in [0.15, 0.2) is 29.4 Å². The molecule has 2 aliphatic rings. The molecule has 2 N–H and O–H groups in total. The van der Waals surface area contributed by atoms with Crippen molar-refractivity contribution in [1.82, 2.24) is 14.3 Å². The van der Waals surface area contributed by atoms with E-state index in [4.69, 9.17) is 4.74 Å². The minimum atomic E-state index is -3.66. The summed E-state index contributed by atoms with van der Waals surface area (Å²) in [5.74, 6) is 0. The van der Waals surface area contributed by atoms with Crippen LogP contribution in [0.25, 0.3) is 11.0 Å². The van der Waals surface area contributed by atoms with Gasteiger partial charge >= 0.3 is 0 Å². The second-order valence-electron chi connectivity index (χ2n) is 6.66. The number of H-pyrrole nitrogens is 1. The lowest BCUT2D eigenvalue weighted by atomic mass is 9.79. The van der Waals surface area contributed by atoms with Crippen LogP contribution in [0.3, 0.4) is 0 Å². The molecule has 1 saturated heterocycles. The molecule has 1 aromatic carbocycles. The first-order chi connectivity index (χ1) is 11.5. The van der Waals surface area contributed by atoms with E-state index in [2.05, 4.69) is 9.97 Å². The number of nitrogens with zero attached hydrogens (tertiary/aromatic N) is 2. The quantitative estimate of drug-likeness (QED) is 0.868. The molecule has 3 atom stereocenters. The fourth-order valence-electron chi connectivity index (χ4n) is 4.13. The van der Waals surface area contributed by atoms with E-state index in [9.17, 15) is 13.5 Å². The number of aliphatic hydroxyl groups is 1. The van der Waals surface area contributed by atoms with Crippen LogP contribution in [0.2, 0.25) is 0 Å². The van der Waals surface area contributed by atoms with E-state index in [1.807, 2.05) is 0 Å². The van der Waals surface area contributed by atoms with Gasteiger partial charge in [-0.15, -0.1) is 0 Å². The van der Waals surface area contributed by atoms with Gasteiger partial charge in [-0.2, -0.15) is 4.31 Å². The normalized spacial score (nSPS) is 31.4. The highest BCUT2D eigenvalue weighted by molar-refractivity contribution is 7.89. The second kappa shape index (κ2) is 5.52. The summed E-state index contributed by atoms with van der Waals surface area (Å²) in [6.45, 7) is 0.411. The van der Waals surface area contributed by atoms with Crippen molar-refractivity contribution in [2.24, 2.45) is 0 Å². The largest absolute Gasteiger partial charge is 0.393 e. The Labute approximate surface area is 140 Å². The van der Waals surface area contributed by atoms with E-state index in [1.165, 1.54) is 4.31 Å². The summed E-state index contributed by atoms with van der Waals surface area (Å²) in [7, 11) is -2.02. The molecule has 24 heavy (non-hydrogen) atoms. The number of aromatic amines is 1. The van der Waals surface area contributed by atoms with Crippen molar-refractivity contribution in [3.63, 3.8) is 0 Å². The Morgan fingerprint density at radius 1 is 1.42 bits per heavy atom. The van der Waals surface area contributed by atoms with Gasteiger partial charge in [0.05, 0.1) is 40.0 Å². The SMILES string of the molecule is CO[C@@]12CC[C@@H](O)C[C@@H]1N(S(=O)(=O)c1ccc3nc[nH]c3c1)CC2. The molecule has 8 heteroatoms. The Balaban J connectivity index is 1.73. The summed E-state index contributed by atoms with van der Waals surface area (Å²) in [6.07, 6.45) is 3.47. The lowest BCUT2D eigenvalue weighted by Gasteiger charge is -2.42. The topological polar surface area (TPSA) is 95.5 Å². The third-order valence-corrected chi connectivity index (χ3v) is 7.42. The van der Waals surface area contributed by atoms with Crippen LogP contribution in [0.1, 0.15) is 25.7 Å². The molecule has 1 saturated carbocycles. The van der Waals surface area contributed by atoms with E-state index in [1.54, 1.807) is 31.6 Å². The van der Waals surface area contributed by atoms with Crippen molar-refractivity contribution in [3.8, 4) is 0 Å². The first-order valence-electron chi connectivity index (χ1n) is 8.14. The molecule has 2 heterocycles. The molecular formula is C16H21N3O4S. The number of nitrogens with one attached hydrogen (secondary N) is 1. The van der Waals surface area contributed by atoms with Gasteiger partial charge < -0.3 is 14.8 Å². The number of aliphatic hydroxyl groups excluding tert-OH is 1. The fourth-order valence-corrected chi connectivity index (χ4v) is 5.86. The van der Waals surface area contributed by atoms with Gasteiger partial charge in [0.1, 0.15) is 0 Å². The van der Waals surface area contributed by atoms with Crippen LogP contribution in [0.5, 0.6) is 0 Å². The van der Waals surface area contributed by atoms with Gasteiger partial charge in [0.25, 0.3) is 0 Å². The van der Waals surface area contributed by atoms with Crippen molar-refractivity contribution in [3.05, 3.63) is 24.5 Å². The number of imidazole rings is 1. The van der Waals surface area contributed by atoms with Crippen molar-refractivity contribution in [1.29, 1.82) is 0 Å². The van der Waals surface area contributed by atoms with Gasteiger partial charge in [-0.3, -0.25) is 0 Å². The van der Waals surface area contributed by atoms with E-state index >= 15 is 0 Å². The summed E-state index contributed by atoms with van der Waals surface area (Å²) < 4.78 is 33.6. The fraction of sp³-hybridized carbons (Fsp3) is 0.562. The van der Waals surface area contributed by atoms with Crippen LogP contribution in [0.4, 0.5) is 0 Å². The van der Waals surface area contributed by atoms with Crippen LogP contribution >= 0.6 is 0 Å². The molecule has 1 aliphatic carbocycles. The van der Waals surface area contributed by atoms with Crippen molar-refractivity contribution < 1.29 is 18.3 Å². The molecule has 0 unspecified atom stereocenters. The van der Waals surface area contributed by atoms with E-state index in [0.29, 0.717) is 37.7 Å². The molecular weight excluding hydrogens is 330 g/mol. The Kier molecular flexibility index (Phi) is 3.68. The minimum absolute atomic E-state index is 0.242. The molecule has 0 radical (unpaired) electrons. The highest BCUT2D eigenvalue weighted by atomic mass is 32.2. The molecule has 0 amide bonds. The van der Waals surface area contributed by atoms with Crippen molar-refractivity contribution in [2.45, 2.75) is 48.3 Å². The zero-order valence-corrected chi connectivity index (χ0v) is 14.3. The third kappa shape index (κ3) is 2.28. The number of rotatable bonds is 3. The maximum absolute atomic E-state index is 13.2. The molecule has 1 aliphatic heterocycles. The molecule has 1 aromatic heterocycles. The molecule has 0 spiro atoms. The second-order valence-corrected chi connectivity index (χ2v) is 8.55. The van der Waals surface area contributed by atoms with Gasteiger partial charge in [0, 0.05) is 13.7 Å². The summed E-state index contributed by atoms with van der Waals surface area (Å²) in [5.41, 5.74) is 0.941. The first kappa shape index (κ1) is 16.0. The monoisotopic (exact) mass is 351 g/mol. The molecule has 2 fully saturated rings. The van der Waals surface area contributed by atoms with Gasteiger partial charge in [-0.25, -0.2) is 13.4 Å². The standard InChI is InChI=1S/C16H21N3O4S/c1-23-16-5-4-11(20)8-15(16)19(7-6-16)24(21,22)12-2-3-13-14(9-12)18-10-17-13/h2-3,9-11,15,20H,4-8H2,1H3,(H,17,18)/t11-,15+,16-/m1/s1. The summed E-state index contributed by atoms with van der Waals surface area (Å²) in [6, 6.07) is 4.58. The Morgan fingerprint density at radius 2 is 2.25 bits per heavy atom. The average Bonchev–Trinajstić information content (AvgIpc) is 3.18. The molecule has 4 rings (SSSR count). The first-order valence-corrected chi connectivity index (χ1v) is 9.58. The molecule has 7 nitrogen and oxygen atoms in total. The summed E-state index contributed by atoms with van der Waals surface area (Å²) in [5, 5.41) is 10.0. The summed E-state index contributed by atoms with van der Waals surface area (Å²) in [4.78, 5) is 7.31. The number of benzene rings is 1. The van der Waals surface area contributed by atoms with Gasteiger partial charge in [0.15, 0.2) is 0 Å². The number of sulfonamides is 1. The van der Waals surface area contributed by atoms with Gasteiger partial charge in [-0.05, 0) is 43.9 Å². The molecule has 0 bridgehead atoms. The zero-order valence-electron chi connectivity index (χ0n) is 13.5. The predicted molar refractivity (Wildman–Crippen MR) is 88.0 cm³/mol. The zero-order chi connectivity index (χ0) is 16.9. The lowest BCUT2D eigenvalue weighted by molar-refractivity contribution is -0.0775. The Bertz CT molecular complexity index is 865. The minimum Gasteiger partial charge on any atom is -0.393 e. The number of fused-ring (bicyclic) bond motifs is 2. The van der Waals surface area contributed by atoms with Crippen molar-refractivity contribution >= 4 is 21.1 Å². The van der Waals surface area contributed by atoms with Crippen LogP contribution in [0, 0.1) is 0 Å². The van der Waals surface area contributed by atoms with Crippen LogP contribution < -0.4 is 0 Å². The number of hydrogen-bond donors (Lipinski definition) is 2. The predicted octanol–water partition coefficient (Wildman–Crippen LogP) is 1.26. The lowest BCUT2D eigenvalue weighted by Crippen LogP contribution is -2.52. The van der Waals surface area contributed by atoms with Crippen LogP contribution in [-0.4, -0.2) is 59.2 Å². The molecule has 130 valence electrons. The highest BCUT2D eigenvalue weighted by Gasteiger charge is 2.54. The van der Waals surface area contributed by atoms with Gasteiger partial charge in [0.2, 0.25) is 10.0 Å². The number of aromatic nitrogens is 2. The Morgan fingerprint density at radius 3 is 3.04 bits per heavy atom. The summed E-state index contributed by atoms with van der Waals surface area (Å²) >= 11 is 0.